The maximum absolute atomic E-state index is 12.3. The maximum Gasteiger partial charge on any atom is 0.240 e. The fraction of sp³-hybridized carbons (Fsp3) is 0.500. The Bertz CT molecular complexity index is 599. The quantitative estimate of drug-likeness (QED) is 0.789. The van der Waals surface area contributed by atoms with Crippen molar-refractivity contribution in [3.8, 4) is 12.3 Å². The van der Waals surface area contributed by atoms with E-state index in [1.54, 1.807) is 31.2 Å². The highest BCUT2D eigenvalue weighted by Gasteiger charge is 2.29. The van der Waals surface area contributed by atoms with E-state index in [0.717, 1.165) is 5.56 Å². The molecule has 0 heterocycles. The topological polar surface area (TPSA) is 66.4 Å². The van der Waals surface area contributed by atoms with Crippen LogP contribution in [-0.2, 0) is 10.0 Å². The van der Waals surface area contributed by atoms with Crippen molar-refractivity contribution in [3.63, 3.8) is 0 Å². The molecule has 0 aromatic heterocycles. The Kier molecular flexibility index (Phi) is 5.97. The summed E-state index contributed by atoms with van der Waals surface area (Å²) in [4.78, 5) is 0.190. The molecule has 1 aromatic rings. The molecule has 0 spiro atoms. The van der Waals surface area contributed by atoms with Crippen LogP contribution in [0.2, 0.25) is 0 Å². The molecule has 1 aromatic carbocycles. The zero-order valence-electron chi connectivity index (χ0n) is 12.9. The zero-order valence-corrected chi connectivity index (χ0v) is 13.7. The minimum absolute atomic E-state index is 0.0441. The van der Waals surface area contributed by atoms with Crippen molar-refractivity contribution in [1.29, 1.82) is 0 Å². The van der Waals surface area contributed by atoms with E-state index < -0.39 is 28.1 Å². The molecule has 0 aliphatic heterocycles. The van der Waals surface area contributed by atoms with E-state index in [9.17, 15) is 13.5 Å². The summed E-state index contributed by atoms with van der Waals surface area (Å²) in [5.41, 5.74) is 0.985. The summed E-state index contributed by atoms with van der Waals surface area (Å²) in [7, 11) is -3.65. The lowest BCUT2D eigenvalue weighted by molar-refractivity contribution is 0.0774. The van der Waals surface area contributed by atoms with E-state index in [1.807, 2.05) is 20.8 Å². The number of hydrogen-bond donors (Lipinski definition) is 2. The lowest BCUT2D eigenvalue weighted by Crippen LogP contribution is -2.43. The molecule has 0 aliphatic carbocycles. The number of aliphatic hydroxyl groups excluding tert-OH is 1. The van der Waals surface area contributed by atoms with Crippen molar-refractivity contribution in [3.05, 3.63) is 29.8 Å². The number of benzene rings is 1. The number of terminal acetylenes is 1. The zero-order chi connectivity index (χ0) is 16.2. The third-order valence-electron chi connectivity index (χ3n) is 3.45. The summed E-state index contributed by atoms with van der Waals surface area (Å²) in [6, 6.07) is 6.02. The van der Waals surface area contributed by atoms with Gasteiger partial charge in [0.25, 0.3) is 0 Å². The highest BCUT2D eigenvalue weighted by molar-refractivity contribution is 7.89. The van der Waals surface area contributed by atoms with Gasteiger partial charge in [0.2, 0.25) is 10.0 Å². The lowest BCUT2D eigenvalue weighted by Gasteiger charge is -2.27. The van der Waals surface area contributed by atoms with Gasteiger partial charge in [-0.1, -0.05) is 37.5 Å². The maximum atomic E-state index is 12.3. The second kappa shape index (κ2) is 7.08. The summed E-state index contributed by atoms with van der Waals surface area (Å²) in [5, 5.41) is 10.1. The molecule has 0 saturated carbocycles. The van der Waals surface area contributed by atoms with Crippen LogP contribution in [0.5, 0.6) is 0 Å². The SMILES string of the molecule is C#C[C@@H]([C@H](C)NS(=O)(=O)c1ccc(C)cc1)[C@@H](O)C(C)C. The van der Waals surface area contributed by atoms with Gasteiger partial charge >= 0.3 is 0 Å². The normalized spacial score (nSPS) is 16.2. The van der Waals surface area contributed by atoms with Gasteiger partial charge in [-0.25, -0.2) is 13.1 Å². The molecule has 0 fully saturated rings. The fourth-order valence-electron chi connectivity index (χ4n) is 2.06. The summed E-state index contributed by atoms with van der Waals surface area (Å²) in [6.07, 6.45) is 4.69. The molecule has 0 saturated heterocycles. The fourth-order valence-corrected chi connectivity index (χ4v) is 3.32. The first-order chi connectivity index (χ1) is 9.69. The number of nitrogens with one attached hydrogen (secondary N) is 1. The van der Waals surface area contributed by atoms with E-state index in [0.29, 0.717) is 0 Å². The van der Waals surface area contributed by atoms with E-state index in [2.05, 4.69) is 10.6 Å². The van der Waals surface area contributed by atoms with E-state index in [1.165, 1.54) is 0 Å². The van der Waals surface area contributed by atoms with Crippen molar-refractivity contribution in [2.45, 2.75) is 44.7 Å². The molecule has 116 valence electrons. The molecule has 5 heteroatoms. The number of sulfonamides is 1. The van der Waals surface area contributed by atoms with Crippen LogP contribution in [0.4, 0.5) is 0 Å². The molecule has 3 atom stereocenters. The van der Waals surface area contributed by atoms with Crippen molar-refractivity contribution in [2.24, 2.45) is 11.8 Å². The van der Waals surface area contributed by atoms with Gasteiger partial charge in [-0.3, -0.25) is 0 Å². The third-order valence-corrected chi connectivity index (χ3v) is 5.03. The number of rotatable bonds is 6. The lowest BCUT2D eigenvalue weighted by atomic mass is 9.89. The average Bonchev–Trinajstić information content (AvgIpc) is 2.39. The van der Waals surface area contributed by atoms with Gasteiger partial charge in [-0.05, 0) is 31.9 Å². The van der Waals surface area contributed by atoms with Crippen molar-refractivity contribution in [2.75, 3.05) is 0 Å². The van der Waals surface area contributed by atoms with Crippen LogP contribution in [0.15, 0.2) is 29.2 Å². The molecule has 0 amide bonds. The average molecular weight is 309 g/mol. The molecule has 2 N–H and O–H groups in total. The Labute approximate surface area is 127 Å². The van der Waals surface area contributed by atoms with Gasteiger partial charge in [-0.2, -0.15) is 0 Å². The first-order valence-electron chi connectivity index (χ1n) is 6.92. The molecule has 0 unspecified atom stereocenters. The van der Waals surface area contributed by atoms with Crippen LogP contribution in [0.25, 0.3) is 0 Å². The molecule has 4 nitrogen and oxygen atoms in total. The Morgan fingerprint density at radius 2 is 1.71 bits per heavy atom. The van der Waals surface area contributed by atoms with Crippen LogP contribution in [0, 0.1) is 31.1 Å². The molecule has 0 bridgehead atoms. The predicted molar refractivity (Wildman–Crippen MR) is 84.1 cm³/mol. The summed E-state index contributed by atoms with van der Waals surface area (Å²) in [5.74, 6) is 1.87. The molecular weight excluding hydrogens is 286 g/mol. The minimum Gasteiger partial charge on any atom is -0.392 e. The minimum atomic E-state index is -3.65. The van der Waals surface area contributed by atoms with Crippen molar-refractivity contribution in [1.82, 2.24) is 4.72 Å². The van der Waals surface area contributed by atoms with Crippen molar-refractivity contribution >= 4 is 10.0 Å². The number of aliphatic hydroxyl groups is 1. The van der Waals surface area contributed by atoms with Crippen LogP contribution in [0.3, 0.4) is 0 Å². The second-order valence-corrected chi connectivity index (χ2v) is 7.36. The Morgan fingerprint density at radius 3 is 2.14 bits per heavy atom. The van der Waals surface area contributed by atoms with E-state index >= 15 is 0 Å². The first-order valence-corrected chi connectivity index (χ1v) is 8.40. The summed E-state index contributed by atoms with van der Waals surface area (Å²) < 4.78 is 27.2. The van der Waals surface area contributed by atoms with Gasteiger partial charge in [0, 0.05) is 6.04 Å². The standard InChI is InChI=1S/C16H23NO3S/c1-6-15(16(18)11(2)3)13(5)17-21(19,20)14-9-7-12(4)8-10-14/h1,7-11,13,15-18H,2-5H3/t13-,15-,16-/m0/s1. The molecule has 21 heavy (non-hydrogen) atoms. The third kappa shape index (κ3) is 4.57. The van der Waals surface area contributed by atoms with Crippen LogP contribution in [-0.4, -0.2) is 25.7 Å². The number of hydrogen-bond acceptors (Lipinski definition) is 3. The molecule has 0 radical (unpaired) electrons. The number of aryl methyl sites for hydroxylation is 1. The van der Waals surface area contributed by atoms with Gasteiger partial charge in [-0.15, -0.1) is 6.42 Å². The van der Waals surface area contributed by atoms with Crippen LogP contribution < -0.4 is 4.72 Å². The van der Waals surface area contributed by atoms with Crippen molar-refractivity contribution < 1.29 is 13.5 Å². The van der Waals surface area contributed by atoms with Gasteiger partial charge in [0.1, 0.15) is 0 Å². The highest BCUT2D eigenvalue weighted by atomic mass is 32.2. The molecule has 0 aliphatic rings. The first kappa shape index (κ1) is 17.7. The van der Waals surface area contributed by atoms with Gasteiger partial charge in [0.15, 0.2) is 0 Å². The monoisotopic (exact) mass is 309 g/mol. The Morgan fingerprint density at radius 1 is 1.19 bits per heavy atom. The van der Waals surface area contributed by atoms with E-state index in [-0.39, 0.29) is 10.8 Å². The van der Waals surface area contributed by atoms with Crippen LogP contribution in [0.1, 0.15) is 26.3 Å². The van der Waals surface area contributed by atoms with Gasteiger partial charge < -0.3 is 5.11 Å². The second-order valence-electron chi connectivity index (χ2n) is 5.65. The largest absolute Gasteiger partial charge is 0.392 e. The predicted octanol–water partition coefficient (Wildman–Crippen LogP) is 1.93. The Hall–Kier alpha value is -1.35. The van der Waals surface area contributed by atoms with Crippen LogP contribution >= 0.6 is 0 Å². The summed E-state index contributed by atoms with van der Waals surface area (Å²) in [6.45, 7) is 7.24. The molecular formula is C16H23NO3S. The van der Waals surface area contributed by atoms with Gasteiger partial charge in [0.05, 0.1) is 16.9 Å². The molecule has 1 rings (SSSR count). The Balaban J connectivity index is 2.93. The van der Waals surface area contributed by atoms with E-state index in [4.69, 9.17) is 6.42 Å². The smallest absolute Gasteiger partial charge is 0.240 e. The highest BCUT2D eigenvalue weighted by Crippen LogP contribution is 2.18. The summed E-state index contributed by atoms with van der Waals surface area (Å²) >= 11 is 0.